The van der Waals surface area contributed by atoms with Crippen LogP contribution in [0, 0.1) is 11.3 Å². The van der Waals surface area contributed by atoms with E-state index >= 15 is 0 Å². The number of morpholine rings is 1. The van der Waals surface area contributed by atoms with Crippen LogP contribution in [0.4, 0.5) is 0 Å². The van der Waals surface area contributed by atoms with Crippen LogP contribution in [-0.4, -0.2) is 61.4 Å². The van der Waals surface area contributed by atoms with E-state index in [0.717, 1.165) is 0 Å². The smallest absolute Gasteiger partial charge is 0.235 e. The van der Waals surface area contributed by atoms with Gasteiger partial charge in [0.15, 0.2) is 0 Å². The zero-order chi connectivity index (χ0) is 11.1. The molecule has 0 spiro atoms. The van der Waals surface area contributed by atoms with Crippen LogP contribution >= 0.6 is 0 Å². The van der Waals surface area contributed by atoms with Crippen molar-refractivity contribution in [3.8, 4) is 6.07 Å². The first-order chi connectivity index (χ1) is 7.27. The molecule has 2 N–H and O–H groups in total. The van der Waals surface area contributed by atoms with E-state index in [4.69, 9.17) is 15.1 Å². The average Bonchev–Trinajstić information content (AvgIpc) is 2.27. The van der Waals surface area contributed by atoms with Crippen LogP contribution in [0.3, 0.4) is 0 Å². The molecule has 0 aromatic carbocycles. The number of hydrogen-bond donors (Lipinski definition) is 2. The highest BCUT2D eigenvalue weighted by atomic mass is 16.5. The summed E-state index contributed by atoms with van der Waals surface area (Å²) in [6.07, 6.45) is 0. The lowest BCUT2D eigenvalue weighted by atomic mass is 10.2. The second-order valence-electron chi connectivity index (χ2n) is 3.32. The molecule has 6 heteroatoms. The predicted molar refractivity (Wildman–Crippen MR) is 51.9 cm³/mol. The summed E-state index contributed by atoms with van der Waals surface area (Å²) >= 11 is 0. The maximum absolute atomic E-state index is 11.3. The van der Waals surface area contributed by atoms with E-state index in [0.29, 0.717) is 19.8 Å². The largest absolute Gasteiger partial charge is 0.395 e. The molecule has 0 aromatic rings. The number of aliphatic hydroxyl groups excluding tert-OH is 1. The van der Waals surface area contributed by atoms with Crippen LogP contribution in [0.15, 0.2) is 0 Å². The van der Waals surface area contributed by atoms with E-state index in [2.05, 4.69) is 5.32 Å². The van der Waals surface area contributed by atoms with Crippen molar-refractivity contribution in [1.29, 1.82) is 5.26 Å². The Morgan fingerprint density at radius 2 is 2.53 bits per heavy atom. The van der Waals surface area contributed by atoms with Gasteiger partial charge >= 0.3 is 0 Å². The highest BCUT2D eigenvalue weighted by Crippen LogP contribution is 2.05. The van der Waals surface area contributed by atoms with E-state index in [9.17, 15) is 4.79 Å². The van der Waals surface area contributed by atoms with Crippen molar-refractivity contribution in [1.82, 2.24) is 10.2 Å². The van der Waals surface area contributed by atoms with Crippen LogP contribution < -0.4 is 5.32 Å². The minimum Gasteiger partial charge on any atom is -0.395 e. The highest BCUT2D eigenvalue weighted by Gasteiger charge is 2.23. The van der Waals surface area contributed by atoms with Crippen molar-refractivity contribution in [2.45, 2.75) is 6.04 Å². The molecule has 0 aliphatic carbocycles. The molecule has 1 fully saturated rings. The first kappa shape index (κ1) is 11.9. The number of hydrogen-bond acceptors (Lipinski definition) is 5. The second-order valence-corrected chi connectivity index (χ2v) is 3.32. The lowest BCUT2D eigenvalue weighted by Gasteiger charge is -2.33. The van der Waals surface area contributed by atoms with Gasteiger partial charge in [-0.3, -0.25) is 9.69 Å². The highest BCUT2D eigenvalue weighted by molar-refractivity contribution is 5.78. The number of nitriles is 1. The van der Waals surface area contributed by atoms with Crippen LogP contribution in [-0.2, 0) is 9.53 Å². The Bertz CT molecular complexity index is 251. The molecule has 1 aliphatic heterocycles. The van der Waals surface area contributed by atoms with Gasteiger partial charge in [0, 0.05) is 6.54 Å². The average molecular weight is 213 g/mol. The van der Waals surface area contributed by atoms with Crippen LogP contribution in [0.1, 0.15) is 0 Å². The Labute approximate surface area is 88.4 Å². The number of aliphatic hydroxyl groups is 1. The summed E-state index contributed by atoms with van der Waals surface area (Å²) in [5, 5.41) is 19.8. The molecule has 84 valence electrons. The first-order valence-electron chi connectivity index (χ1n) is 4.84. The fourth-order valence-electron chi connectivity index (χ4n) is 1.44. The number of ether oxygens (including phenoxy) is 1. The maximum atomic E-state index is 11.3. The number of nitrogens with zero attached hydrogens (tertiary/aromatic N) is 2. The minimum atomic E-state index is -0.197. The predicted octanol–water partition coefficient (Wildman–Crippen LogP) is -1.68. The Hall–Kier alpha value is -1.16. The zero-order valence-electron chi connectivity index (χ0n) is 8.48. The third-order valence-corrected chi connectivity index (χ3v) is 2.27. The Balaban J connectivity index is 2.34. The maximum Gasteiger partial charge on any atom is 0.235 e. The molecule has 1 atom stereocenters. The van der Waals surface area contributed by atoms with E-state index < -0.39 is 0 Å². The monoisotopic (exact) mass is 213 g/mol. The van der Waals surface area contributed by atoms with E-state index in [1.165, 1.54) is 0 Å². The van der Waals surface area contributed by atoms with Crippen molar-refractivity contribution >= 4 is 5.91 Å². The summed E-state index contributed by atoms with van der Waals surface area (Å²) in [5.74, 6) is -0.197. The second kappa shape index (κ2) is 6.35. The van der Waals surface area contributed by atoms with Crippen molar-refractivity contribution in [3.05, 3.63) is 0 Å². The number of nitrogens with one attached hydrogen (secondary N) is 1. The topological polar surface area (TPSA) is 85.6 Å². The van der Waals surface area contributed by atoms with Gasteiger partial charge in [0.1, 0.15) is 6.54 Å². The lowest BCUT2D eigenvalue weighted by Crippen LogP contribution is -2.51. The Morgan fingerprint density at radius 3 is 3.20 bits per heavy atom. The first-order valence-corrected chi connectivity index (χ1v) is 4.84. The molecule has 1 amide bonds. The van der Waals surface area contributed by atoms with E-state index in [-0.39, 0.29) is 31.6 Å². The molecule has 1 unspecified atom stereocenters. The lowest BCUT2D eigenvalue weighted by molar-refractivity contribution is -0.124. The van der Waals surface area contributed by atoms with Gasteiger partial charge < -0.3 is 15.2 Å². The summed E-state index contributed by atoms with van der Waals surface area (Å²) in [5.41, 5.74) is 0. The Morgan fingerprint density at radius 1 is 1.73 bits per heavy atom. The number of rotatable bonds is 4. The summed E-state index contributed by atoms with van der Waals surface area (Å²) in [4.78, 5) is 13.2. The molecule has 15 heavy (non-hydrogen) atoms. The molecule has 1 saturated heterocycles. The van der Waals surface area contributed by atoms with Gasteiger partial charge in [-0.2, -0.15) is 5.26 Å². The number of carbonyl (C=O) groups excluding carboxylic acids is 1. The van der Waals surface area contributed by atoms with Crippen LogP contribution in [0.2, 0.25) is 0 Å². The van der Waals surface area contributed by atoms with Crippen molar-refractivity contribution in [2.24, 2.45) is 0 Å². The third kappa shape index (κ3) is 3.83. The molecule has 1 aliphatic rings. The molecule has 0 aromatic heterocycles. The van der Waals surface area contributed by atoms with Gasteiger partial charge in [0.25, 0.3) is 0 Å². The van der Waals surface area contributed by atoms with Gasteiger partial charge in [-0.05, 0) is 0 Å². The summed E-state index contributed by atoms with van der Waals surface area (Å²) in [7, 11) is 0. The molecule has 0 saturated carbocycles. The Kier molecular flexibility index (Phi) is 5.04. The van der Waals surface area contributed by atoms with Crippen molar-refractivity contribution in [2.75, 3.05) is 39.5 Å². The molecule has 0 radical (unpaired) electrons. The normalized spacial score (nSPS) is 22.0. The van der Waals surface area contributed by atoms with Gasteiger partial charge in [0.2, 0.25) is 5.91 Å². The van der Waals surface area contributed by atoms with Crippen molar-refractivity contribution in [3.63, 3.8) is 0 Å². The molecule has 0 bridgehead atoms. The quantitative estimate of drug-likeness (QED) is 0.545. The number of amides is 1. The summed E-state index contributed by atoms with van der Waals surface area (Å²) in [6.45, 7) is 1.85. The number of carbonyl (C=O) groups is 1. The van der Waals surface area contributed by atoms with Crippen molar-refractivity contribution < 1.29 is 14.6 Å². The summed E-state index contributed by atoms with van der Waals surface area (Å²) < 4.78 is 5.18. The molecular weight excluding hydrogens is 198 g/mol. The third-order valence-electron chi connectivity index (χ3n) is 2.27. The minimum absolute atomic E-state index is 0.0208. The summed E-state index contributed by atoms with van der Waals surface area (Å²) in [6, 6.07) is 1.72. The molecular formula is C9H15N3O3. The van der Waals surface area contributed by atoms with Crippen LogP contribution in [0.25, 0.3) is 0 Å². The van der Waals surface area contributed by atoms with E-state index in [1.54, 1.807) is 0 Å². The van der Waals surface area contributed by atoms with Crippen LogP contribution in [0.5, 0.6) is 0 Å². The van der Waals surface area contributed by atoms with E-state index in [1.807, 2.05) is 11.0 Å². The SMILES string of the molecule is N#CCNC(=O)CN1CCOCC1CO. The molecule has 6 nitrogen and oxygen atoms in total. The molecule has 1 rings (SSSR count). The standard InChI is InChI=1S/C9H15N3O3/c10-1-2-11-9(14)5-12-3-4-15-7-8(12)6-13/h8,13H,2-7H2,(H,11,14). The van der Waals surface area contributed by atoms with Gasteiger partial charge in [-0.25, -0.2) is 0 Å². The van der Waals surface area contributed by atoms with Gasteiger partial charge in [-0.1, -0.05) is 0 Å². The zero-order valence-corrected chi connectivity index (χ0v) is 8.48. The van der Waals surface area contributed by atoms with Gasteiger partial charge in [0.05, 0.1) is 38.5 Å². The molecule has 1 heterocycles. The van der Waals surface area contributed by atoms with Gasteiger partial charge in [-0.15, -0.1) is 0 Å². The fraction of sp³-hybridized carbons (Fsp3) is 0.778. The fourth-order valence-corrected chi connectivity index (χ4v) is 1.44.